The third kappa shape index (κ3) is 6.05. The van der Waals surface area contributed by atoms with Crippen molar-refractivity contribution in [3.05, 3.63) is 0 Å². The Morgan fingerprint density at radius 3 is 2.63 bits per heavy atom. The zero-order chi connectivity index (χ0) is 14.1. The van der Waals surface area contributed by atoms with Crippen LogP contribution in [-0.4, -0.2) is 48.9 Å². The first-order chi connectivity index (χ1) is 9.17. The molecule has 5 heteroatoms. The Morgan fingerprint density at radius 2 is 2.05 bits per heavy atom. The molecule has 2 N–H and O–H groups in total. The summed E-state index contributed by atoms with van der Waals surface area (Å²) in [5, 5.41) is 5.57. The van der Waals surface area contributed by atoms with E-state index >= 15 is 0 Å². The van der Waals surface area contributed by atoms with Crippen LogP contribution in [0.25, 0.3) is 0 Å². The van der Waals surface area contributed by atoms with Gasteiger partial charge in [0.2, 0.25) is 11.8 Å². The van der Waals surface area contributed by atoms with E-state index in [2.05, 4.69) is 29.4 Å². The fourth-order valence-electron chi connectivity index (χ4n) is 2.32. The van der Waals surface area contributed by atoms with E-state index in [1.165, 1.54) is 6.42 Å². The van der Waals surface area contributed by atoms with E-state index in [9.17, 15) is 9.59 Å². The molecule has 1 saturated heterocycles. The van der Waals surface area contributed by atoms with Crippen molar-refractivity contribution in [3.63, 3.8) is 0 Å². The zero-order valence-electron chi connectivity index (χ0n) is 12.2. The van der Waals surface area contributed by atoms with Crippen LogP contribution in [-0.2, 0) is 9.59 Å². The molecule has 1 atom stereocenters. The summed E-state index contributed by atoms with van der Waals surface area (Å²) in [6, 6.07) is -0.303. The first kappa shape index (κ1) is 16.0. The Balaban J connectivity index is 1.98. The van der Waals surface area contributed by atoms with E-state index in [1.807, 2.05) is 0 Å². The first-order valence-corrected chi connectivity index (χ1v) is 7.46. The minimum Gasteiger partial charge on any atom is -0.354 e. The highest BCUT2D eigenvalue weighted by Crippen LogP contribution is 2.06. The highest BCUT2D eigenvalue weighted by atomic mass is 16.2. The number of nitrogens with one attached hydrogen (secondary N) is 2. The molecule has 0 saturated carbocycles. The van der Waals surface area contributed by atoms with Gasteiger partial charge in [0.05, 0.1) is 0 Å². The van der Waals surface area contributed by atoms with Crippen LogP contribution < -0.4 is 10.6 Å². The van der Waals surface area contributed by atoms with Crippen molar-refractivity contribution in [2.45, 2.75) is 52.0 Å². The van der Waals surface area contributed by atoms with Crippen LogP contribution >= 0.6 is 0 Å². The molecule has 0 aromatic carbocycles. The molecule has 0 radical (unpaired) electrons. The molecule has 2 amide bonds. The molecule has 19 heavy (non-hydrogen) atoms. The second kappa shape index (κ2) is 8.91. The average molecular weight is 269 g/mol. The summed E-state index contributed by atoms with van der Waals surface area (Å²) >= 11 is 0. The van der Waals surface area contributed by atoms with Gasteiger partial charge in [0, 0.05) is 13.0 Å². The normalized spacial score (nSPS) is 18.7. The molecule has 0 aromatic rings. The molecule has 0 aromatic heterocycles. The average Bonchev–Trinajstić information content (AvgIpc) is 2.84. The van der Waals surface area contributed by atoms with Gasteiger partial charge < -0.3 is 15.5 Å². The number of nitrogens with zero attached hydrogens (tertiary/aromatic N) is 1. The van der Waals surface area contributed by atoms with Crippen molar-refractivity contribution in [1.29, 1.82) is 0 Å². The molecule has 0 spiro atoms. The summed E-state index contributed by atoms with van der Waals surface area (Å²) in [5.74, 6) is -0.0473. The predicted octanol–water partition coefficient (Wildman–Crippen LogP) is 0.893. The van der Waals surface area contributed by atoms with E-state index < -0.39 is 0 Å². The van der Waals surface area contributed by atoms with Crippen LogP contribution in [0.15, 0.2) is 0 Å². The molecule has 1 fully saturated rings. The molecule has 1 heterocycles. The molecular weight excluding hydrogens is 242 g/mol. The van der Waals surface area contributed by atoms with Crippen molar-refractivity contribution >= 4 is 11.8 Å². The highest BCUT2D eigenvalue weighted by molar-refractivity contribution is 5.90. The Hall–Kier alpha value is -1.10. The lowest BCUT2D eigenvalue weighted by molar-refractivity contribution is -0.125. The van der Waals surface area contributed by atoms with E-state index in [4.69, 9.17) is 0 Å². The van der Waals surface area contributed by atoms with Crippen LogP contribution in [0.5, 0.6) is 0 Å². The Morgan fingerprint density at radius 1 is 1.32 bits per heavy atom. The van der Waals surface area contributed by atoms with Gasteiger partial charge in [-0.05, 0) is 38.9 Å². The van der Waals surface area contributed by atoms with Gasteiger partial charge in [0.25, 0.3) is 0 Å². The number of hydrogen-bond acceptors (Lipinski definition) is 3. The third-order valence-corrected chi connectivity index (χ3v) is 3.66. The Kier molecular flexibility index (Phi) is 7.48. The van der Waals surface area contributed by atoms with Gasteiger partial charge in [-0.15, -0.1) is 0 Å². The van der Waals surface area contributed by atoms with E-state index in [1.54, 1.807) is 0 Å². The van der Waals surface area contributed by atoms with E-state index in [0.717, 1.165) is 32.5 Å². The second-order valence-electron chi connectivity index (χ2n) is 5.04. The minimum atomic E-state index is -0.303. The van der Waals surface area contributed by atoms with Gasteiger partial charge in [0.1, 0.15) is 6.04 Å². The van der Waals surface area contributed by atoms with Crippen molar-refractivity contribution < 1.29 is 9.59 Å². The lowest BCUT2D eigenvalue weighted by atomic mass is 10.2. The Labute approximate surface area is 116 Å². The van der Waals surface area contributed by atoms with Gasteiger partial charge in [-0.1, -0.05) is 20.3 Å². The SMILES string of the molecule is CCN(CC)CCCCCNC(=O)C1CCC(=O)N1. The number of hydrogen-bond donors (Lipinski definition) is 2. The monoisotopic (exact) mass is 269 g/mol. The smallest absolute Gasteiger partial charge is 0.242 e. The summed E-state index contributed by atoms with van der Waals surface area (Å²) in [6.45, 7) is 8.42. The summed E-state index contributed by atoms with van der Waals surface area (Å²) in [6.07, 6.45) is 4.42. The van der Waals surface area contributed by atoms with Crippen LogP contribution in [0.1, 0.15) is 46.0 Å². The lowest BCUT2D eigenvalue weighted by Gasteiger charge is -2.17. The second-order valence-corrected chi connectivity index (χ2v) is 5.04. The largest absolute Gasteiger partial charge is 0.354 e. The summed E-state index contributed by atoms with van der Waals surface area (Å²) in [4.78, 5) is 25.1. The highest BCUT2D eigenvalue weighted by Gasteiger charge is 2.26. The summed E-state index contributed by atoms with van der Waals surface area (Å²) in [7, 11) is 0. The maximum Gasteiger partial charge on any atom is 0.242 e. The molecule has 0 aliphatic carbocycles. The van der Waals surface area contributed by atoms with Gasteiger partial charge in [-0.2, -0.15) is 0 Å². The van der Waals surface area contributed by atoms with Crippen LogP contribution in [0.3, 0.4) is 0 Å². The minimum absolute atomic E-state index is 0.0145. The van der Waals surface area contributed by atoms with Crippen LogP contribution in [0, 0.1) is 0 Å². The zero-order valence-corrected chi connectivity index (χ0v) is 12.2. The maximum atomic E-state index is 11.7. The maximum absolute atomic E-state index is 11.7. The topological polar surface area (TPSA) is 61.4 Å². The van der Waals surface area contributed by atoms with Crippen molar-refractivity contribution in [2.75, 3.05) is 26.2 Å². The summed E-state index contributed by atoms with van der Waals surface area (Å²) in [5.41, 5.74) is 0. The van der Waals surface area contributed by atoms with Crippen molar-refractivity contribution in [3.8, 4) is 0 Å². The number of amides is 2. The fourth-order valence-corrected chi connectivity index (χ4v) is 2.32. The molecule has 1 unspecified atom stereocenters. The fraction of sp³-hybridized carbons (Fsp3) is 0.857. The third-order valence-electron chi connectivity index (χ3n) is 3.66. The predicted molar refractivity (Wildman–Crippen MR) is 75.8 cm³/mol. The quantitative estimate of drug-likeness (QED) is 0.611. The van der Waals surface area contributed by atoms with Crippen molar-refractivity contribution in [1.82, 2.24) is 15.5 Å². The number of carbonyl (C=O) groups excluding carboxylic acids is 2. The standard InChI is InChI=1S/C14H27N3O2/c1-3-17(4-2)11-7-5-6-10-15-14(19)12-8-9-13(18)16-12/h12H,3-11H2,1-2H3,(H,15,19)(H,16,18). The number of carbonyl (C=O) groups is 2. The molecule has 1 rings (SSSR count). The lowest BCUT2D eigenvalue weighted by Crippen LogP contribution is -2.41. The van der Waals surface area contributed by atoms with Crippen molar-refractivity contribution in [2.24, 2.45) is 0 Å². The first-order valence-electron chi connectivity index (χ1n) is 7.46. The summed E-state index contributed by atoms with van der Waals surface area (Å²) < 4.78 is 0. The molecule has 5 nitrogen and oxygen atoms in total. The van der Waals surface area contributed by atoms with Gasteiger partial charge in [0.15, 0.2) is 0 Å². The molecular formula is C14H27N3O2. The number of rotatable bonds is 9. The molecule has 1 aliphatic rings. The number of unbranched alkanes of at least 4 members (excludes halogenated alkanes) is 2. The molecule has 110 valence electrons. The van der Waals surface area contributed by atoms with E-state index in [-0.39, 0.29) is 17.9 Å². The van der Waals surface area contributed by atoms with Gasteiger partial charge in [-0.3, -0.25) is 9.59 Å². The van der Waals surface area contributed by atoms with E-state index in [0.29, 0.717) is 19.4 Å². The van der Waals surface area contributed by atoms with Crippen LogP contribution in [0.4, 0.5) is 0 Å². The van der Waals surface area contributed by atoms with Gasteiger partial charge >= 0.3 is 0 Å². The molecule has 1 aliphatic heterocycles. The van der Waals surface area contributed by atoms with Crippen LogP contribution in [0.2, 0.25) is 0 Å². The van der Waals surface area contributed by atoms with Gasteiger partial charge in [-0.25, -0.2) is 0 Å². The Bertz CT molecular complexity index is 290. The molecule has 0 bridgehead atoms.